The van der Waals surface area contributed by atoms with Gasteiger partial charge in [0.1, 0.15) is 6.54 Å². The highest BCUT2D eigenvalue weighted by Gasteiger charge is 2.05. The molecule has 0 aliphatic rings. The minimum atomic E-state index is 0.349. The van der Waals surface area contributed by atoms with Gasteiger partial charge >= 0.3 is 0 Å². The van der Waals surface area contributed by atoms with E-state index < -0.39 is 0 Å². The Hall–Kier alpha value is -2.30. The summed E-state index contributed by atoms with van der Waals surface area (Å²) in [7, 11) is 0. The molecule has 0 saturated heterocycles. The number of rotatable bonds is 10. The fraction of sp³-hybridized carbons (Fsp3) is 0.474. The summed E-state index contributed by atoms with van der Waals surface area (Å²) < 4.78 is 5.70. The Morgan fingerprint density at radius 2 is 1.88 bits per heavy atom. The van der Waals surface area contributed by atoms with Gasteiger partial charge in [-0.2, -0.15) is 0 Å². The van der Waals surface area contributed by atoms with Gasteiger partial charge < -0.3 is 15.5 Å². The van der Waals surface area contributed by atoms with Crippen molar-refractivity contribution in [3.63, 3.8) is 0 Å². The van der Waals surface area contributed by atoms with E-state index in [2.05, 4.69) is 22.2 Å². The zero-order valence-electron chi connectivity index (χ0n) is 14.5. The lowest BCUT2D eigenvalue weighted by atomic mass is 10.1. The van der Waals surface area contributed by atoms with E-state index in [1.54, 1.807) is 6.20 Å². The monoisotopic (exact) mass is 328 g/mol. The van der Waals surface area contributed by atoms with Gasteiger partial charge in [-0.25, -0.2) is 9.98 Å². The molecule has 1 heterocycles. The molecular weight excluding hydrogens is 300 g/mol. The van der Waals surface area contributed by atoms with Crippen molar-refractivity contribution in [2.45, 2.75) is 52.0 Å². The van der Waals surface area contributed by atoms with E-state index in [0.717, 1.165) is 24.3 Å². The lowest BCUT2D eigenvalue weighted by molar-refractivity contribution is 0.509. The molecule has 0 unspecified atom stereocenters. The van der Waals surface area contributed by atoms with Crippen LogP contribution in [0, 0.1) is 0 Å². The SMILES string of the molecule is CCCCCCCCNC(N)=NCc1ncc(-c2ccccc2)o1. The first-order valence-corrected chi connectivity index (χ1v) is 8.83. The molecule has 0 radical (unpaired) electrons. The zero-order chi connectivity index (χ0) is 17.0. The predicted molar refractivity (Wildman–Crippen MR) is 98.6 cm³/mol. The molecule has 0 bridgehead atoms. The highest BCUT2D eigenvalue weighted by Crippen LogP contribution is 2.19. The maximum absolute atomic E-state index is 5.87. The number of hydrogen-bond donors (Lipinski definition) is 2. The van der Waals surface area contributed by atoms with Crippen LogP contribution >= 0.6 is 0 Å². The van der Waals surface area contributed by atoms with E-state index in [9.17, 15) is 0 Å². The van der Waals surface area contributed by atoms with E-state index in [1.807, 2.05) is 30.3 Å². The maximum Gasteiger partial charge on any atom is 0.216 e. The van der Waals surface area contributed by atoms with Gasteiger partial charge in [0, 0.05) is 12.1 Å². The average molecular weight is 328 g/mol. The van der Waals surface area contributed by atoms with Crippen molar-refractivity contribution in [3.8, 4) is 11.3 Å². The van der Waals surface area contributed by atoms with Crippen molar-refractivity contribution in [1.82, 2.24) is 10.3 Å². The summed E-state index contributed by atoms with van der Waals surface area (Å²) in [5.74, 6) is 1.76. The van der Waals surface area contributed by atoms with Crippen molar-refractivity contribution in [2.24, 2.45) is 10.7 Å². The number of aromatic nitrogens is 1. The Bertz CT molecular complexity index is 607. The van der Waals surface area contributed by atoms with E-state index in [4.69, 9.17) is 10.2 Å². The Morgan fingerprint density at radius 3 is 2.67 bits per heavy atom. The maximum atomic E-state index is 5.87. The number of hydrogen-bond acceptors (Lipinski definition) is 3. The summed E-state index contributed by atoms with van der Waals surface area (Å²) in [4.78, 5) is 8.52. The van der Waals surface area contributed by atoms with Gasteiger partial charge in [0.2, 0.25) is 5.89 Å². The van der Waals surface area contributed by atoms with Gasteiger partial charge in [0.05, 0.1) is 6.20 Å². The fourth-order valence-corrected chi connectivity index (χ4v) is 2.45. The Morgan fingerprint density at radius 1 is 1.12 bits per heavy atom. The van der Waals surface area contributed by atoms with Crippen LogP contribution in [-0.4, -0.2) is 17.5 Å². The van der Waals surface area contributed by atoms with Crippen molar-refractivity contribution < 1.29 is 4.42 Å². The summed E-state index contributed by atoms with van der Waals surface area (Å²) in [6.07, 6.45) is 9.32. The molecule has 0 aliphatic carbocycles. The largest absolute Gasteiger partial charge is 0.439 e. The number of aliphatic imine (C=N–C) groups is 1. The summed E-state index contributed by atoms with van der Waals surface area (Å²) >= 11 is 0. The number of nitrogens with two attached hydrogens (primary N) is 1. The number of oxazole rings is 1. The summed E-state index contributed by atoms with van der Waals surface area (Å²) in [5.41, 5.74) is 6.88. The molecule has 130 valence electrons. The fourth-order valence-electron chi connectivity index (χ4n) is 2.45. The molecule has 5 nitrogen and oxygen atoms in total. The lowest BCUT2D eigenvalue weighted by Crippen LogP contribution is -2.32. The second kappa shape index (κ2) is 10.5. The molecule has 2 aromatic rings. The number of nitrogens with one attached hydrogen (secondary N) is 1. The molecule has 1 aromatic heterocycles. The molecule has 0 atom stereocenters. The molecule has 5 heteroatoms. The molecule has 0 amide bonds. The molecule has 0 fully saturated rings. The van der Waals surface area contributed by atoms with E-state index in [0.29, 0.717) is 18.4 Å². The molecule has 0 spiro atoms. The third-order valence-corrected chi connectivity index (χ3v) is 3.83. The first-order valence-electron chi connectivity index (χ1n) is 8.83. The van der Waals surface area contributed by atoms with E-state index in [1.165, 1.54) is 32.1 Å². The van der Waals surface area contributed by atoms with Gasteiger partial charge in [-0.15, -0.1) is 0 Å². The van der Waals surface area contributed by atoms with E-state index >= 15 is 0 Å². The van der Waals surface area contributed by atoms with Gasteiger partial charge in [-0.1, -0.05) is 69.4 Å². The highest BCUT2D eigenvalue weighted by molar-refractivity contribution is 5.77. The second-order valence-electron chi connectivity index (χ2n) is 5.88. The second-order valence-corrected chi connectivity index (χ2v) is 5.88. The third kappa shape index (κ3) is 6.44. The normalized spacial score (nSPS) is 11.6. The van der Waals surface area contributed by atoms with Crippen LogP contribution in [0.4, 0.5) is 0 Å². The van der Waals surface area contributed by atoms with Crippen LogP contribution in [0.3, 0.4) is 0 Å². The Balaban J connectivity index is 1.68. The first-order chi connectivity index (χ1) is 11.8. The van der Waals surface area contributed by atoms with Crippen LogP contribution in [0.25, 0.3) is 11.3 Å². The van der Waals surface area contributed by atoms with Gasteiger partial charge in [-0.3, -0.25) is 0 Å². The van der Waals surface area contributed by atoms with Gasteiger partial charge in [0.15, 0.2) is 11.7 Å². The van der Waals surface area contributed by atoms with Crippen LogP contribution < -0.4 is 11.1 Å². The first kappa shape index (κ1) is 18.0. The number of guanidine groups is 1. The molecule has 0 saturated carbocycles. The molecule has 1 aromatic carbocycles. The third-order valence-electron chi connectivity index (χ3n) is 3.83. The van der Waals surface area contributed by atoms with E-state index in [-0.39, 0.29) is 0 Å². The summed E-state index contributed by atoms with van der Waals surface area (Å²) in [6.45, 7) is 3.44. The minimum Gasteiger partial charge on any atom is -0.439 e. The Kier molecular flexibility index (Phi) is 7.87. The zero-order valence-corrected chi connectivity index (χ0v) is 14.5. The Labute approximate surface area is 144 Å². The number of unbranched alkanes of at least 4 members (excludes halogenated alkanes) is 5. The standard InChI is InChI=1S/C19H28N4O/c1-2-3-4-5-6-10-13-21-19(20)23-15-18-22-14-17(24-18)16-11-8-7-9-12-16/h7-9,11-12,14H,2-6,10,13,15H2,1H3,(H3,20,21,23). The quantitative estimate of drug-likeness (QED) is 0.391. The number of benzene rings is 1. The van der Waals surface area contributed by atoms with Crippen molar-refractivity contribution in [2.75, 3.05) is 6.54 Å². The topological polar surface area (TPSA) is 76.4 Å². The van der Waals surface area contributed by atoms with Crippen LogP contribution in [0.2, 0.25) is 0 Å². The minimum absolute atomic E-state index is 0.349. The van der Waals surface area contributed by atoms with Crippen LogP contribution in [0.5, 0.6) is 0 Å². The number of nitrogens with zero attached hydrogens (tertiary/aromatic N) is 2. The molecule has 24 heavy (non-hydrogen) atoms. The lowest BCUT2D eigenvalue weighted by Gasteiger charge is -2.05. The van der Waals surface area contributed by atoms with Gasteiger partial charge in [-0.05, 0) is 6.42 Å². The van der Waals surface area contributed by atoms with Gasteiger partial charge in [0.25, 0.3) is 0 Å². The molecular formula is C19H28N4O. The smallest absolute Gasteiger partial charge is 0.216 e. The molecule has 3 N–H and O–H groups in total. The molecule has 0 aliphatic heterocycles. The summed E-state index contributed by atoms with van der Waals surface area (Å²) in [5, 5.41) is 3.14. The van der Waals surface area contributed by atoms with Crippen molar-refractivity contribution in [1.29, 1.82) is 0 Å². The highest BCUT2D eigenvalue weighted by atomic mass is 16.4. The van der Waals surface area contributed by atoms with Crippen molar-refractivity contribution in [3.05, 3.63) is 42.4 Å². The van der Waals surface area contributed by atoms with Crippen LogP contribution in [0.1, 0.15) is 51.3 Å². The average Bonchev–Trinajstić information content (AvgIpc) is 3.09. The van der Waals surface area contributed by atoms with Crippen LogP contribution in [0.15, 0.2) is 45.9 Å². The van der Waals surface area contributed by atoms with Crippen LogP contribution in [-0.2, 0) is 6.54 Å². The van der Waals surface area contributed by atoms with Crippen molar-refractivity contribution >= 4 is 5.96 Å². The predicted octanol–water partition coefficient (Wildman–Crippen LogP) is 4.11. The molecule has 2 rings (SSSR count). The summed E-state index contributed by atoms with van der Waals surface area (Å²) in [6, 6.07) is 9.90.